The van der Waals surface area contributed by atoms with Crippen LogP contribution in [0.15, 0.2) is 17.5 Å². The van der Waals surface area contributed by atoms with Gasteiger partial charge in [-0.1, -0.05) is 26.7 Å². The molecule has 0 unspecified atom stereocenters. The summed E-state index contributed by atoms with van der Waals surface area (Å²) in [4.78, 5) is 19.6. The second-order valence-corrected chi connectivity index (χ2v) is 8.70. The number of methoxy groups -OCH3 is 2. The van der Waals surface area contributed by atoms with E-state index in [9.17, 15) is 4.79 Å². The van der Waals surface area contributed by atoms with Crippen molar-refractivity contribution in [3.05, 3.63) is 34.3 Å². The van der Waals surface area contributed by atoms with Gasteiger partial charge in [-0.3, -0.25) is 9.69 Å². The second kappa shape index (κ2) is 10.8. The number of fused-ring (bicyclic) bond motifs is 1. The van der Waals surface area contributed by atoms with Crippen LogP contribution in [0.3, 0.4) is 0 Å². The van der Waals surface area contributed by atoms with Crippen LogP contribution < -0.4 is 14.8 Å². The first-order valence-electron chi connectivity index (χ1n) is 10.8. The number of carbonyl (C=O) groups is 1. The third-order valence-electron chi connectivity index (χ3n) is 5.61. The Bertz CT molecular complexity index is 846. The minimum atomic E-state index is 0.0814. The number of nitrogens with zero attached hydrogens (tertiary/aromatic N) is 2. The average Bonchev–Trinajstić information content (AvgIpc) is 3.19. The Balaban J connectivity index is 1.61. The molecule has 6 nitrogen and oxygen atoms in total. The van der Waals surface area contributed by atoms with Gasteiger partial charge in [0.05, 0.1) is 19.9 Å². The van der Waals surface area contributed by atoms with Crippen LogP contribution in [0.25, 0.3) is 0 Å². The van der Waals surface area contributed by atoms with Gasteiger partial charge in [0.25, 0.3) is 0 Å². The summed E-state index contributed by atoms with van der Waals surface area (Å²) >= 11 is 1.51. The predicted molar refractivity (Wildman–Crippen MR) is 121 cm³/mol. The largest absolute Gasteiger partial charge is 0.493 e. The lowest BCUT2D eigenvalue weighted by Gasteiger charge is -2.29. The zero-order valence-electron chi connectivity index (χ0n) is 18.5. The van der Waals surface area contributed by atoms with Crippen LogP contribution in [0.2, 0.25) is 0 Å². The maximum Gasteiger partial charge on any atom is 0.229 e. The van der Waals surface area contributed by atoms with E-state index < -0.39 is 0 Å². The normalized spacial score (nSPS) is 13.9. The van der Waals surface area contributed by atoms with E-state index in [0.29, 0.717) is 5.13 Å². The van der Waals surface area contributed by atoms with Gasteiger partial charge in [0.15, 0.2) is 16.6 Å². The quantitative estimate of drug-likeness (QED) is 0.581. The topological polar surface area (TPSA) is 63.7 Å². The highest BCUT2D eigenvalue weighted by atomic mass is 32.1. The summed E-state index contributed by atoms with van der Waals surface area (Å²) in [5.74, 6) is 1.74. The fraction of sp³-hybridized carbons (Fsp3) is 0.565. The zero-order valence-corrected chi connectivity index (χ0v) is 19.3. The molecule has 1 aliphatic heterocycles. The number of ether oxygens (including phenoxy) is 2. The van der Waals surface area contributed by atoms with Crippen molar-refractivity contribution in [1.82, 2.24) is 9.88 Å². The molecule has 1 N–H and O–H groups in total. The molecule has 2 aromatic rings. The van der Waals surface area contributed by atoms with Gasteiger partial charge in [-0.15, -0.1) is 11.3 Å². The standard InChI is InChI=1S/C23H33N3O3S/c1-5-7-16(8-6-2)22(27)25-23-24-19(15-30-23)14-26-10-9-17-11-20(28-3)21(29-4)12-18(17)13-26/h11-12,15-16H,5-10,13-14H2,1-4H3,(H,24,25,27). The lowest BCUT2D eigenvalue weighted by Crippen LogP contribution is -2.30. The maximum atomic E-state index is 12.6. The molecule has 0 fully saturated rings. The van der Waals surface area contributed by atoms with Crippen molar-refractivity contribution in [2.24, 2.45) is 5.92 Å². The van der Waals surface area contributed by atoms with Crippen molar-refractivity contribution < 1.29 is 14.3 Å². The van der Waals surface area contributed by atoms with Crippen LogP contribution >= 0.6 is 11.3 Å². The smallest absolute Gasteiger partial charge is 0.229 e. The number of nitrogens with one attached hydrogen (secondary N) is 1. The SMILES string of the molecule is CCCC(CCC)C(=O)Nc1nc(CN2CCc3cc(OC)c(OC)cc3C2)cs1. The van der Waals surface area contributed by atoms with Gasteiger partial charge in [0, 0.05) is 30.9 Å². The first-order valence-corrected chi connectivity index (χ1v) is 11.7. The molecule has 1 aromatic heterocycles. The Morgan fingerprint density at radius 2 is 1.83 bits per heavy atom. The number of anilines is 1. The van der Waals surface area contributed by atoms with Crippen molar-refractivity contribution in [3.63, 3.8) is 0 Å². The van der Waals surface area contributed by atoms with Crippen molar-refractivity contribution in [2.45, 2.75) is 59.0 Å². The maximum absolute atomic E-state index is 12.6. The summed E-state index contributed by atoms with van der Waals surface area (Å²) in [6.45, 7) is 6.84. The molecule has 0 saturated heterocycles. The van der Waals surface area contributed by atoms with Crippen LogP contribution in [0.5, 0.6) is 11.5 Å². The van der Waals surface area contributed by atoms with E-state index in [2.05, 4.69) is 41.2 Å². The van der Waals surface area contributed by atoms with Crippen molar-refractivity contribution >= 4 is 22.4 Å². The molecule has 1 aliphatic rings. The first-order chi connectivity index (χ1) is 14.6. The summed E-state index contributed by atoms with van der Waals surface area (Å²) in [5.41, 5.74) is 3.58. The van der Waals surface area contributed by atoms with Gasteiger partial charge in [-0.2, -0.15) is 0 Å². The Labute approximate surface area is 183 Å². The zero-order chi connectivity index (χ0) is 21.5. The van der Waals surface area contributed by atoms with E-state index in [1.54, 1.807) is 14.2 Å². The number of amides is 1. The Kier molecular flexibility index (Phi) is 8.10. The van der Waals surface area contributed by atoms with Crippen molar-refractivity contribution in [2.75, 3.05) is 26.1 Å². The number of aromatic nitrogens is 1. The fourth-order valence-electron chi connectivity index (χ4n) is 4.05. The molecule has 1 amide bonds. The van der Waals surface area contributed by atoms with E-state index in [1.807, 2.05) is 5.38 Å². The molecule has 0 radical (unpaired) electrons. The number of rotatable bonds is 10. The number of hydrogen-bond donors (Lipinski definition) is 1. The van der Waals surface area contributed by atoms with Crippen LogP contribution in [-0.4, -0.2) is 36.6 Å². The van der Waals surface area contributed by atoms with Gasteiger partial charge >= 0.3 is 0 Å². The van der Waals surface area contributed by atoms with Gasteiger partial charge in [-0.25, -0.2) is 4.98 Å². The minimum absolute atomic E-state index is 0.0814. The molecule has 164 valence electrons. The second-order valence-electron chi connectivity index (χ2n) is 7.84. The van der Waals surface area contributed by atoms with E-state index in [-0.39, 0.29) is 11.8 Å². The van der Waals surface area contributed by atoms with Crippen molar-refractivity contribution in [1.29, 1.82) is 0 Å². The third kappa shape index (κ3) is 5.52. The molecule has 0 spiro atoms. The lowest BCUT2D eigenvalue weighted by molar-refractivity contribution is -0.120. The molecule has 0 bridgehead atoms. The predicted octanol–water partition coefficient (Wildman–Crippen LogP) is 4.87. The molecule has 0 atom stereocenters. The third-order valence-corrected chi connectivity index (χ3v) is 6.42. The molecule has 7 heteroatoms. The average molecular weight is 432 g/mol. The summed E-state index contributed by atoms with van der Waals surface area (Å²) < 4.78 is 10.9. The molecule has 0 saturated carbocycles. The van der Waals surface area contributed by atoms with Gasteiger partial charge in [-0.05, 0) is 42.5 Å². The number of carbonyl (C=O) groups excluding carboxylic acids is 1. The van der Waals surface area contributed by atoms with E-state index in [4.69, 9.17) is 9.47 Å². The van der Waals surface area contributed by atoms with E-state index in [1.165, 1.54) is 22.5 Å². The Morgan fingerprint density at radius 3 is 2.47 bits per heavy atom. The monoisotopic (exact) mass is 431 g/mol. The molecule has 3 rings (SSSR count). The van der Waals surface area contributed by atoms with Crippen molar-refractivity contribution in [3.8, 4) is 11.5 Å². The van der Waals surface area contributed by atoms with Gasteiger partial charge in [0.1, 0.15) is 0 Å². The summed E-state index contributed by atoms with van der Waals surface area (Å²) in [7, 11) is 3.34. The van der Waals surface area contributed by atoms with E-state index in [0.717, 1.165) is 68.9 Å². The Hall–Kier alpha value is -2.12. The molecular formula is C23H33N3O3S. The first kappa shape index (κ1) is 22.6. The number of hydrogen-bond acceptors (Lipinski definition) is 6. The summed E-state index contributed by atoms with van der Waals surface area (Å²) in [6.07, 6.45) is 4.88. The van der Waals surface area contributed by atoms with Gasteiger partial charge in [0.2, 0.25) is 5.91 Å². The Morgan fingerprint density at radius 1 is 1.17 bits per heavy atom. The highest BCUT2D eigenvalue weighted by Crippen LogP contribution is 2.33. The highest BCUT2D eigenvalue weighted by Gasteiger charge is 2.21. The van der Waals surface area contributed by atoms with Crippen LogP contribution in [0, 0.1) is 5.92 Å². The summed E-state index contributed by atoms with van der Waals surface area (Å²) in [5, 5.41) is 5.79. The number of thiazole rings is 1. The molecule has 0 aliphatic carbocycles. The highest BCUT2D eigenvalue weighted by molar-refractivity contribution is 7.13. The van der Waals surface area contributed by atoms with Crippen LogP contribution in [0.1, 0.15) is 56.4 Å². The minimum Gasteiger partial charge on any atom is -0.493 e. The molecule has 1 aromatic carbocycles. The van der Waals surface area contributed by atoms with Crippen LogP contribution in [-0.2, 0) is 24.3 Å². The van der Waals surface area contributed by atoms with Crippen LogP contribution in [0.4, 0.5) is 5.13 Å². The fourth-order valence-corrected chi connectivity index (χ4v) is 4.76. The summed E-state index contributed by atoms with van der Waals surface area (Å²) in [6, 6.07) is 4.17. The van der Waals surface area contributed by atoms with Gasteiger partial charge < -0.3 is 14.8 Å². The molecule has 30 heavy (non-hydrogen) atoms. The number of benzene rings is 1. The molecule has 2 heterocycles. The lowest BCUT2D eigenvalue weighted by atomic mass is 9.97. The molecular weight excluding hydrogens is 398 g/mol. The van der Waals surface area contributed by atoms with E-state index >= 15 is 0 Å².